The summed E-state index contributed by atoms with van der Waals surface area (Å²) in [6, 6.07) is 12.3. The summed E-state index contributed by atoms with van der Waals surface area (Å²) in [5, 5.41) is 22.9. The summed E-state index contributed by atoms with van der Waals surface area (Å²) in [6.07, 6.45) is 0. The van der Waals surface area contributed by atoms with Crippen LogP contribution in [0.2, 0.25) is 0 Å². The second-order valence-electron chi connectivity index (χ2n) is 5.10. The van der Waals surface area contributed by atoms with Gasteiger partial charge in [0.05, 0.1) is 7.11 Å². The number of ether oxygens (including phenoxy) is 1. The molecule has 4 heteroatoms. The van der Waals surface area contributed by atoms with Crippen molar-refractivity contribution in [2.75, 3.05) is 7.11 Å². The first-order chi connectivity index (χ1) is 10.0. The van der Waals surface area contributed by atoms with Gasteiger partial charge in [0.15, 0.2) is 0 Å². The maximum Gasteiger partial charge on any atom is 0.123 e. The van der Waals surface area contributed by atoms with Crippen molar-refractivity contribution in [3.05, 3.63) is 53.6 Å². The van der Waals surface area contributed by atoms with Gasteiger partial charge in [-0.2, -0.15) is 0 Å². The fourth-order valence-corrected chi connectivity index (χ4v) is 2.47. The summed E-state index contributed by atoms with van der Waals surface area (Å²) in [7, 11) is 1.65. The monoisotopic (exact) mass is 287 g/mol. The molecule has 2 atom stereocenters. The molecule has 21 heavy (non-hydrogen) atoms. The molecule has 0 heterocycles. The molecular formula is C17H21NO3. The Kier molecular flexibility index (Phi) is 4.70. The number of aromatic hydroxyl groups is 2. The van der Waals surface area contributed by atoms with Crippen molar-refractivity contribution in [3.63, 3.8) is 0 Å². The fraction of sp³-hybridized carbons (Fsp3) is 0.294. The average Bonchev–Trinajstić information content (AvgIpc) is 2.49. The maximum absolute atomic E-state index is 9.91. The molecule has 2 unspecified atom stereocenters. The highest BCUT2D eigenvalue weighted by Gasteiger charge is 2.17. The topological polar surface area (TPSA) is 61.7 Å². The minimum absolute atomic E-state index is 0.0397. The Bertz CT molecular complexity index is 613. The molecule has 2 rings (SSSR count). The van der Waals surface area contributed by atoms with Crippen molar-refractivity contribution in [2.24, 2.45) is 0 Å². The van der Waals surface area contributed by atoms with Gasteiger partial charge in [-0.15, -0.1) is 0 Å². The number of nitrogens with one attached hydrogen (secondary N) is 1. The lowest BCUT2D eigenvalue weighted by atomic mass is 10.0. The zero-order chi connectivity index (χ0) is 15.4. The highest BCUT2D eigenvalue weighted by Crippen LogP contribution is 2.31. The van der Waals surface area contributed by atoms with E-state index >= 15 is 0 Å². The molecule has 0 saturated carbocycles. The molecule has 2 aromatic carbocycles. The number of hydrogen-bond acceptors (Lipinski definition) is 4. The average molecular weight is 287 g/mol. The highest BCUT2D eigenvalue weighted by molar-refractivity contribution is 5.41. The van der Waals surface area contributed by atoms with Crippen molar-refractivity contribution in [1.29, 1.82) is 0 Å². The van der Waals surface area contributed by atoms with Crippen molar-refractivity contribution in [3.8, 4) is 17.2 Å². The molecule has 4 nitrogen and oxygen atoms in total. The number of methoxy groups -OCH3 is 1. The van der Waals surface area contributed by atoms with E-state index in [0.29, 0.717) is 5.56 Å². The molecule has 0 spiro atoms. The Hall–Kier alpha value is -2.20. The molecule has 0 aliphatic carbocycles. The number of para-hydroxylation sites is 1. The van der Waals surface area contributed by atoms with Gasteiger partial charge in [0.25, 0.3) is 0 Å². The van der Waals surface area contributed by atoms with Gasteiger partial charge in [-0.25, -0.2) is 0 Å². The van der Waals surface area contributed by atoms with Crippen molar-refractivity contribution < 1.29 is 14.9 Å². The van der Waals surface area contributed by atoms with Gasteiger partial charge in [-0.05, 0) is 38.1 Å². The number of hydrogen-bond donors (Lipinski definition) is 3. The summed E-state index contributed by atoms with van der Waals surface area (Å²) in [5.74, 6) is 1.13. The van der Waals surface area contributed by atoms with Crippen LogP contribution in [-0.4, -0.2) is 17.3 Å². The van der Waals surface area contributed by atoms with Crippen LogP contribution in [0.4, 0.5) is 0 Å². The van der Waals surface area contributed by atoms with E-state index in [1.165, 1.54) is 12.1 Å². The van der Waals surface area contributed by atoms with Crippen LogP contribution < -0.4 is 10.1 Å². The van der Waals surface area contributed by atoms with Crippen LogP contribution in [0.25, 0.3) is 0 Å². The number of benzene rings is 2. The molecule has 2 aromatic rings. The Balaban J connectivity index is 2.18. The molecule has 112 valence electrons. The summed E-state index contributed by atoms with van der Waals surface area (Å²) in [4.78, 5) is 0. The normalized spacial score (nSPS) is 13.7. The van der Waals surface area contributed by atoms with Gasteiger partial charge in [0.2, 0.25) is 0 Å². The molecule has 0 saturated heterocycles. The van der Waals surface area contributed by atoms with Crippen LogP contribution in [0, 0.1) is 0 Å². The molecule has 0 aliphatic rings. The Morgan fingerprint density at radius 1 is 0.952 bits per heavy atom. The minimum Gasteiger partial charge on any atom is -0.508 e. The molecule has 0 radical (unpaired) electrons. The predicted molar refractivity (Wildman–Crippen MR) is 82.7 cm³/mol. The molecule has 0 bridgehead atoms. The lowest BCUT2D eigenvalue weighted by molar-refractivity contribution is 0.393. The molecule has 3 N–H and O–H groups in total. The summed E-state index contributed by atoms with van der Waals surface area (Å²) >= 11 is 0. The zero-order valence-electron chi connectivity index (χ0n) is 12.5. The first-order valence-corrected chi connectivity index (χ1v) is 6.93. The number of phenols is 2. The van der Waals surface area contributed by atoms with E-state index in [1.807, 2.05) is 38.1 Å². The standard InChI is InChI=1S/C17H21NO3/c1-11(14-6-4-5-7-17(14)21-3)18-12(2)15-10-13(19)8-9-16(15)20/h4-12,18-20H,1-3H3. The van der Waals surface area contributed by atoms with Gasteiger partial charge in [0, 0.05) is 23.2 Å². The van der Waals surface area contributed by atoms with Gasteiger partial charge >= 0.3 is 0 Å². The van der Waals surface area contributed by atoms with Crippen LogP contribution in [0.5, 0.6) is 17.2 Å². The van der Waals surface area contributed by atoms with Crippen LogP contribution in [0.1, 0.15) is 37.1 Å². The van der Waals surface area contributed by atoms with Crippen LogP contribution in [-0.2, 0) is 0 Å². The minimum atomic E-state index is -0.114. The van der Waals surface area contributed by atoms with Crippen molar-refractivity contribution in [1.82, 2.24) is 5.32 Å². The second-order valence-corrected chi connectivity index (χ2v) is 5.10. The Labute approximate surface area is 125 Å². The third kappa shape index (κ3) is 3.47. The molecule has 0 fully saturated rings. The Morgan fingerprint density at radius 3 is 2.33 bits per heavy atom. The third-order valence-electron chi connectivity index (χ3n) is 3.58. The Morgan fingerprint density at radius 2 is 1.62 bits per heavy atom. The summed E-state index contributed by atoms with van der Waals surface area (Å²) < 4.78 is 5.37. The molecule has 0 aromatic heterocycles. The highest BCUT2D eigenvalue weighted by atomic mass is 16.5. The third-order valence-corrected chi connectivity index (χ3v) is 3.58. The lowest BCUT2D eigenvalue weighted by Crippen LogP contribution is -2.23. The molecular weight excluding hydrogens is 266 g/mol. The van der Waals surface area contributed by atoms with Crippen LogP contribution in [0.3, 0.4) is 0 Å². The van der Waals surface area contributed by atoms with Crippen LogP contribution >= 0.6 is 0 Å². The largest absolute Gasteiger partial charge is 0.508 e. The van der Waals surface area contributed by atoms with Crippen LogP contribution in [0.15, 0.2) is 42.5 Å². The van der Waals surface area contributed by atoms with E-state index in [-0.39, 0.29) is 23.6 Å². The summed E-state index contributed by atoms with van der Waals surface area (Å²) in [5.41, 5.74) is 1.71. The van der Waals surface area contributed by atoms with Gasteiger partial charge in [-0.1, -0.05) is 18.2 Å². The second kappa shape index (κ2) is 6.50. The molecule has 0 amide bonds. The quantitative estimate of drug-likeness (QED) is 0.736. The smallest absolute Gasteiger partial charge is 0.123 e. The van der Waals surface area contributed by atoms with E-state index in [1.54, 1.807) is 13.2 Å². The fourth-order valence-electron chi connectivity index (χ4n) is 2.47. The van der Waals surface area contributed by atoms with E-state index in [2.05, 4.69) is 5.32 Å². The van der Waals surface area contributed by atoms with E-state index in [0.717, 1.165) is 11.3 Å². The van der Waals surface area contributed by atoms with Crippen molar-refractivity contribution in [2.45, 2.75) is 25.9 Å². The zero-order valence-corrected chi connectivity index (χ0v) is 12.5. The first-order valence-electron chi connectivity index (χ1n) is 6.93. The first kappa shape index (κ1) is 15.2. The SMILES string of the molecule is COc1ccccc1C(C)NC(C)c1cc(O)ccc1O. The van der Waals surface area contributed by atoms with E-state index in [9.17, 15) is 10.2 Å². The van der Waals surface area contributed by atoms with Crippen molar-refractivity contribution >= 4 is 0 Å². The van der Waals surface area contributed by atoms with Gasteiger partial charge < -0.3 is 20.3 Å². The van der Waals surface area contributed by atoms with E-state index < -0.39 is 0 Å². The predicted octanol–water partition coefficient (Wildman–Crippen LogP) is 3.52. The number of phenolic OH excluding ortho intramolecular Hbond substituents is 2. The summed E-state index contributed by atoms with van der Waals surface area (Å²) in [6.45, 7) is 3.98. The number of rotatable bonds is 5. The van der Waals surface area contributed by atoms with Gasteiger partial charge in [-0.3, -0.25) is 0 Å². The lowest BCUT2D eigenvalue weighted by Gasteiger charge is -2.23. The van der Waals surface area contributed by atoms with Gasteiger partial charge in [0.1, 0.15) is 17.2 Å². The molecule has 0 aliphatic heterocycles. The van der Waals surface area contributed by atoms with E-state index in [4.69, 9.17) is 4.74 Å². The maximum atomic E-state index is 9.91.